The molecule has 0 aromatic rings. The molecule has 1 unspecified atom stereocenters. The van der Waals surface area contributed by atoms with Gasteiger partial charge in [-0.15, -0.1) is 0 Å². The summed E-state index contributed by atoms with van der Waals surface area (Å²) in [6.07, 6.45) is 1.71. The molecule has 0 fully saturated rings. The number of carbonyl (C=O) groups is 3. The van der Waals surface area contributed by atoms with Gasteiger partial charge in [-0.1, -0.05) is 19.8 Å². The summed E-state index contributed by atoms with van der Waals surface area (Å²) in [6.45, 7) is 1.96. The molecular weight excluding hydrogens is 226 g/mol. The SMILES string of the molecule is CCCCC(N)C(=O)N[C@H](CC(N)=O)C(=O)O. The van der Waals surface area contributed by atoms with E-state index in [1.54, 1.807) is 0 Å². The Labute approximate surface area is 99.5 Å². The molecule has 2 atom stereocenters. The number of aliphatic carboxylic acids is 1. The highest BCUT2D eigenvalue weighted by Crippen LogP contribution is 2.00. The topological polar surface area (TPSA) is 136 Å². The lowest BCUT2D eigenvalue weighted by Crippen LogP contribution is -2.49. The highest BCUT2D eigenvalue weighted by molar-refractivity contribution is 5.89. The number of unbranched alkanes of at least 4 members (excludes halogenated alkanes) is 1. The normalized spacial score (nSPS) is 13.8. The summed E-state index contributed by atoms with van der Waals surface area (Å²) < 4.78 is 0. The second kappa shape index (κ2) is 7.61. The minimum atomic E-state index is -1.31. The summed E-state index contributed by atoms with van der Waals surface area (Å²) in [6, 6.07) is -2.07. The molecule has 17 heavy (non-hydrogen) atoms. The maximum absolute atomic E-state index is 11.5. The van der Waals surface area contributed by atoms with Crippen LogP contribution in [-0.2, 0) is 14.4 Å². The first-order valence-electron chi connectivity index (χ1n) is 5.45. The predicted molar refractivity (Wildman–Crippen MR) is 60.9 cm³/mol. The van der Waals surface area contributed by atoms with E-state index in [4.69, 9.17) is 16.6 Å². The first-order chi connectivity index (χ1) is 7.88. The number of amides is 2. The lowest BCUT2D eigenvalue weighted by molar-refractivity contribution is -0.143. The van der Waals surface area contributed by atoms with Gasteiger partial charge in [-0.3, -0.25) is 9.59 Å². The largest absolute Gasteiger partial charge is 0.480 e. The Bertz CT molecular complexity index is 293. The molecule has 0 aliphatic rings. The fraction of sp³-hybridized carbons (Fsp3) is 0.700. The number of carboxylic acid groups (broad SMARTS) is 1. The van der Waals surface area contributed by atoms with Gasteiger partial charge >= 0.3 is 5.97 Å². The Morgan fingerprint density at radius 1 is 1.35 bits per heavy atom. The second-order valence-electron chi connectivity index (χ2n) is 3.82. The maximum Gasteiger partial charge on any atom is 0.326 e. The van der Waals surface area contributed by atoms with Crippen LogP contribution in [0.2, 0.25) is 0 Å². The summed E-state index contributed by atoms with van der Waals surface area (Å²) >= 11 is 0. The zero-order valence-electron chi connectivity index (χ0n) is 9.81. The van der Waals surface area contributed by atoms with Crippen LogP contribution in [0.3, 0.4) is 0 Å². The number of rotatable bonds is 8. The van der Waals surface area contributed by atoms with Gasteiger partial charge in [0, 0.05) is 0 Å². The van der Waals surface area contributed by atoms with Crippen molar-refractivity contribution in [3.05, 3.63) is 0 Å². The average Bonchev–Trinajstić information content (AvgIpc) is 2.23. The molecule has 0 rings (SSSR count). The van der Waals surface area contributed by atoms with E-state index in [1.807, 2.05) is 6.92 Å². The second-order valence-corrected chi connectivity index (χ2v) is 3.82. The standard InChI is InChI=1S/C10H19N3O4/c1-2-3-4-6(11)9(15)13-7(10(16)17)5-8(12)14/h6-7H,2-5,11H2,1H3,(H2,12,14)(H,13,15)(H,16,17)/t6?,7-/m1/s1. The Morgan fingerprint density at radius 3 is 2.35 bits per heavy atom. The third-order valence-electron chi connectivity index (χ3n) is 2.23. The smallest absolute Gasteiger partial charge is 0.326 e. The van der Waals surface area contributed by atoms with Crippen LogP contribution >= 0.6 is 0 Å². The van der Waals surface area contributed by atoms with E-state index in [2.05, 4.69) is 5.32 Å². The Balaban J connectivity index is 4.29. The number of primary amides is 1. The summed E-state index contributed by atoms with van der Waals surface area (Å²) in [5.74, 6) is -2.67. The molecule has 7 nitrogen and oxygen atoms in total. The van der Waals surface area contributed by atoms with Crippen LogP contribution in [0.4, 0.5) is 0 Å². The van der Waals surface area contributed by atoms with Gasteiger partial charge in [0.05, 0.1) is 12.5 Å². The first-order valence-corrected chi connectivity index (χ1v) is 5.45. The van der Waals surface area contributed by atoms with Crippen molar-refractivity contribution in [3.63, 3.8) is 0 Å². The van der Waals surface area contributed by atoms with E-state index in [9.17, 15) is 14.4 Å². The van der Waals surface area contributed by atoms with Crippen molar-refractivity contribution in [2.45, 2.75) is 44.7 Å². The highest BCUT2D eigenvalue weighted by Gasteiger charge is 2.24. The van der Waals surface area contributed by atoms with Crippen LogP contribution in [0.1, 0.15) is 32.6 Å². The molecule has 0 aromatic carbocycles. The summed E-state index contributed by atoms with van der Waals surface area (Å²) in [5, 5.41) is 11.0. The molecule has 0 radical (unpaired) electrons. The van der Waals surface area contributed by atoms with Crippen molar-refractivity contribution in [2.75, 3.05) is 0 Å². The van der Waals surface area contributed by atoms with Gasteiger partial charge in [-0.2, -0.15) is 0 Å². The Morgan fingerprint density at radius 2 is 1.94 bits per heavy atom. The van der Waals surface area contributed by atoms with Crippen LogP contribution in [0, 0.1) is 0 Å². The summed E-state index contributed by atoms with van der Waals surface area (Å²) in [4.78, 5) is 32.9. The Hall–Kier alpha value is -1.63. The lowest BCUT2D eigenvalue weighted by atomic mass is 10.1. The summed E-state index contributed by atoms with van der Waals surface area (Å²) in [5.41, 5.74) is 10.4. The third-order valence-corrected chi connectivity index (χ3v) is 2.23. The van der Waals surface area contributed by atoms with Crippen LogP contribution in [0.5, 0.6) is 0 Å². The van der Waals surface area contributed by atoms with Crippen molar-refractivity contribution < 1.29 is 19.5 Å². The number of carboxylic acids is 1. The van der Waals surface area contributed by atoms with Crippen molar-refractivity contribution in [1.82, 2.24) is 5.32 Å². The van der Waals surface area contributed by atoms with Crippen molar-refractivity contribution >= 4 is 17.8 Å². The molecule has 0 aromatic heterocycles. The quantitative estimate of drug-likeness (QED) is 0.432. The van der Waals surface area contributed by atoms with E-state index in [0.29, 0.717) is 6.42 Å². The number of hydrogen-bond acceptors (Lipinski definition) is 4. The van der Waals surface area contributed by atoms with Crippen molar-refractivity contribution in [2.24, 2.45) is 11.5 Å². The van der Waals surface area contributed by atoms with E-state index < -0.39 is 36.3 Å². The molecule has 0 aliphatic heterocycles. The molecule has 0 heterocycles. The number of hydrogen-bond donors (Lipinski definition) is 4. The first kappa shape index (κ1) is 15.4. The zero-order chi connectivity index (χ0) is 13.4. The van der Waals surface area contributed by atoms with E-state index in [-0.39, 0.29) is 0 Å². The van der Waals surface area contributed by atoms with Crippen molar-refractivity contribution in [1.29, 1.82) is 0 Å². The van der Waals surface area contributed by atoms with Crippen LogP contribution < -0.4 is 16.8 Å². The minimum Gasteiger partial charge on any atom is -0.480 e. The van der Waals surface area contributed by atoms with Crippen LogP contribution in [-0.4, -0.2) is 35.0 Å². The fourth-order valence-corrected chi connectivity index (χ4v) is 1.24. The van der Waals surface area contributed by atoms with Gasteiger partial charge in [-0.25, -0.2) is 4.79 Å². The fourth-order valence-electron chi connectivity index (χ4n) is 1.24. The van der Waals surface area contributed by atoms with E-state index >= 15 is 0 Å². The lowest BCUT2D eigenvalue weighted by Gasteiger charge is -2.16. The summed E-state index contributed by atoms with van der Waals surface area (Å²) in [7, 11) is 0. The molecule has 0 saturated heterocycles. The molecule has 6 N–H and O–H groups in total. The van der Waals surface area contributed by atoms with Gasteiger partial charge in [0.1, 0.15) is 6.04 Å². The molecule has 0 aliphatic carbocycles. The molecule has 0 saturated carbocycles. The molecule has 0 bridgehead atoms. The number of nitrogens with two attached hydrogens (primary N) is 2. The monoisotopic (exact) mass is 245 g/mol. The molecule has 2 amide bonds. The van der Waals surface area contributed by atoms with Gasteiger partial charge in [0.15, 0.2) is 0 Å². The number of nitrogens with one attached hydrogen (secondary N) is 1. The predicted octanol–water partition coefficient (Wildman–Crippen LogP) is -1.05. The molecule has 7 heteroatoms. The van der Waals surface area contributed by atoms with E-state index in [0.717, 1.165) is 12.8 Å². The Kier molecular flexibility index (Phi) is 6.88. The molecule has 0 spiro atoms. The minimum absolute atomic E-state index is 0.443. The highest BCUT2D eigenvalue weighted by atomic mass is 16.4. The van der Waals surface area contributed by atoms with Gasteiger partial charge < -0.3 is 21.9 Å². The van der Waals surface area contributed by atoms with E-state index in [1.165, 1.54) is 0 Å². The number of carbonyl (C=O) groups excluding carboxylic acids is 2. The third kappa shape index (κ3) is 6.52. The van der Waals surface area contributed by atoms with Gasteiger partial charge in [-0.05, 0) is 6.42 Å². The van der Waals surface area contributed by atoms with Crippen molar-refractivity contribution in [3.8, 4) is 0 Å². The van der Waals surface area contributed by atoms with Crippen LogP contribution in [0.25, 0.3) is 0 Å². The molecule has 98 valence electrons. The van der Waals surface area contributed by atoms with Gasteiger partial charge in [0.25, 0.3) is 0 Å². The molecular formula is C10H19N3O4. The average molecular weight is 245 g/mol. The zero-order valence-corrected chi connectivity index (χ0v) is 9.81. The van der Waals surface area contributed by atoms with Crippen LogP contribution in [0.15, 0.2) is 0 Å². The van der Waals surface area contributed by atoms with Gasteiger partial charge in [0.2, 0.25) is 11.8 Å². The maximum atomic E-state index is 11.5.